The second-order valence-corrected chi connectivity index (χ2v) is 3.15. The minimum absolute atomic E-state index is 0.0126. The molecule has 2 N–H and O–H groups in total. The molecule has 1 atom stereocenters. The molecule has 74 valence electrons. The third kappa shape index (κ3) is 2.80. The third-order valence-corrected chi connectivity index (χ3v) is 1.74. The lowest BCUT2D eigenvalue weighted by Crippen LogP contribution is -2.43. The molecule has 1 unspecified atom stereocenters. The lowest BCUT2D eigenvalue weighted by atomic mass is 10.2. The number of nitrogens with one attached hydrogen (secondary N) is 2. The standard InChI is InChI=1S/C6H7ClF2N2O2/c7-6(8,9)5(13)11-3-1-4(12)10-2-3/h3H,1-2H2,(H,10,12)(H,11,13). The fourth-order valence-electron chi connectivity index (χ4n) is 0.974. The zero-order valence-electron chi connectivity index (χ0n) is 6.44. The second kappa shape index (κ2) is 3.45. The first-order chi connectivity index (χ1) is 5.89. The topological polar surface area (TPSA) is 58.2 Å². The van der Waals surface area contributed by atoms with Gasteiger partial charge in [-0.3, -0.25) is 9.59 Å². The number of rotatable bonds is 2. The number of carbonyl (C=O) groups is 2. The van der Waals surface area contributed by atoms with Crippen molar-refractivity contribution in [1.29, 1.82) is 0 Å². The molecular weight excluding hydrogens is 206 g/mol. The minimum atomic E-state index is -3.91. The minimum Gasteiger partial charge on any atom is -0.354 e. The fraction of sp³-hybridized carbons (Fsp3) is 0.667. The lowest BCUT2D eigenvalue weighted by molar-refractivity contribution is -0.136. The molecule has 2 amide bonds. The van der Waals surface area contributed by atoms with E-state index in [1.165, 1.54) is 0 Å². The van der Waals surface area contributed by atoms with E-state index in [1.54, 1.807) is 0 Å². The van der Waals surface area contributed by atoms with Gasteiger partial charge >= 0.3 is 11.3 Å². The summed E-state index contributed by atoms with van der Waals surface area (Å²) in [5, 5.41) is 0.419. The Hall–Kier alpha value is -0.910. The third-order valence-electron chi connectivity index (χ3n) is 1.57. The molecule has 0 spiro atoms. The zero-order chi connectivity index (χ0) is 10.1. The molecule has 13 heavy (non-hydrogen) atoms. The normalized spacial score (nSPS) is 22.7. The van der Waals surface area contributed by atoms with Crippen molar-refractivity contribution >= 4 is 23.4 Å². The van der Waals surface area contributed by atoms with Crippen molar-refractivity contribution in [3.05, 3.63) is 0 Å². The van der Waals surface area contributed by atoms with E-state index in [0.29, 0.717) is 0 Å². The van der Waals surface area contributed by atoms with Gasteiger partial charge in [-0.05, 0) is 11.6 Å². The number of halogens is 3. The largest absolute Gasteiger partial charge is 0.399 e. The molecule has 1 saturated heterocycles. The molecule has 1 rings (SSSR count). The molecule has 0 aliphatic carbocycles. The molecule has 0 aromatic heterocycles. The summed E-state index contributed by atoms with van der Waals surface area (Å²) in [7, 11) is 0. The van der Waals surface area contributed by atoms with Gasteiger partial charge in [-0.1, -0.05) is 0 Å². The number of amides is 2. The predicted molar refractivity (Wildman–Crippen MR) is 40.4 cm³/mol. The van der Waals surface area contributed by atoms with Gasteiger partial charge in [-0.25, -0.2) is 0 Å². The van der Waals surface area contributed by atoms with Crippen LogP contribution in [-0.4, -0.2) is 29.8 Å². The summed E-state index contributed by atoms with van der Waals surface area (Å²) in [4.78, 5) is 21.2. The number of alkyl halides is 3. The van der Waals surface area contributed by atoms with Gasteiger partial charge in [0.25, 0.3) is 0 Å². The first-order valence-electron chi connectivity index (χ1n) is 3.54. The van der Waals surface area contributed by atoms with Crippen LogP contribution < -0.4 is 10.6 Å². The van der Waals surface area contributed by atoms with E-state index in [1.807, 2.05) is 5.32 Å². The van der Waals surface area contributed by atoms with E-state index < -0.39 is 17.3 Å². The first-order valence-corrected chi connectivity index (χ1v) is 3.92. The summed E-state index contributed by atoms with van der Waals surface area (Å²) in [6.45, 7) is 0.164. The fourth-order valence-corrected chi connectivity index (χ4v) is 1.03. The van der Waals surface area contributed by atoms with Crippen molar-refractivity contribution in [2.75, 3.05) is 6.54 Å². The molecule has 0 saturated carbocycles. The monoisotopic (exact) mass is 212 g/mol. The molecule has 0 aromatic carbocycles. The maximum Gasteiger partial charge on any atom is 0.399 e. The Morgan fingerprint density at radius 1 is 1.69 bits per heavy atom. The molecule has 1 fully saturated rings. The molecule has 0 aromatic rings. The van der Waals surface area contributed by atoms with Crippen LogP contribution in [0, 0.1) is 0 Å². The summed E-state index contributed by atoms with van der Waals surface area (Å²) in [5.74, 6) is -1.85. The summed E-state index contributed by atoms with van der Waals surface area (Å²) < 4.78 is 24.2. The van der Waals surface area contributed by atoms with Crippen LogP contribution in [0.3, 0.4) is 0 Å². The Balaban J connectivity index is 2.42. The summed E-state index contributed by atoms with van der Waals surface area (Å²) in [6.07, 6.45) is 0.0126. The number of hydrogen-bond acceptors (Lipinski definition) is 2. The van der Waals surface area contributed by atoms with Crippen molar-refractivity contribution in [2.24, 2.45) is 0 Å². The summed E-state index contributed by atoms with van der Waals surface area (Å²) >= 11 is 4.45. The SMILES string of the molecule is O=C1CC(NC(=O)C(F)(F)Cl)CN1. The van der Waals surface area contributed by atoms with Crippen LogP contribution in [0.4, 0.5) is 8.78 Å². The molecule has 1 aliphatic rings. The highest BCUT2D eigenvalue weighted by Crippen LogP contribution is 2.18. The van der Waals surface area contributed by atoms with E-state index in [-0.39, 0.29) is 18.9 Å². The van der Waals surface area contributed by atoms with Crippen LogP contribution >= 0.6 is 11.6 Å². The van der Waals surface area contributed by atoms with Gasteiger partial charge in [-0.15, -0.1) is 0 Å². The van der Waals surface area contributed by atoms with Crippen LogP contribution in [0.25, 0.3) is 0 Å². The molecule has 4 nitrogen and oxygen atoms in total. The van der Waals surface area contributed by atoms with Gasteiger partial charge in [0.1, 0.15) is 0 Å². The highest BCUT2D eigenvalue weighted by atomic mass is 35.5. The Morgan fingerprint density at radius 2 is 2.31 bits per heavy atom. The quantitative estimate of drug-likeness (QED) is 0.624. The number of carbonyl (C=O) groups excluding carboxylic acids is 2. The van der Waals surface area contributed by atoms with Crippen molar-refractivity contribution < 1.29 is 18.4 Å². The average molecular weight is 213 g/mol. The van der Waals surface area contributed by atoms with E-state index in [2.05, 4.69) is 16.9 Å². The van der Waals surface area contributed by atoms with Gasteiger partial charge in [0.05, 0.1) is 6.04 Å². The smallest absolute Gasteiger partial charge is 0.354 e. The van der Waals surface area contributed by atoms with Crippen LogP contribution in [0.15, 0.2) is 0 Å². The van der Waals surface area contributed by atoms with Crippen LogP contribution in [-0.2, 0) is 9.59 Å². The van der Waals surface area contributed by atoms with Crippen LogP contribution in [0.5, 0.6) is 0 Å². The Kier molecular flexibility index (Phi) is 2.70. The van der Waals surface area contributed by atoms with Crippen molar-refractivity contribution in [3.63, 3.8) is 0 Å². The first kappa shape index (κ1) is 10.2. The summed E-state index contributed by atoms with van der Waals surface area (Å²) in [6, 6.07) is -0.593. The molecule has 7 heteroatoms. The van der Waals surface area contributed by atoms with E-state index in [0.717, 1.165) is 0 Å². The van der Waals surface area contributed by atoms with Crippen molar-refractivity contribution in [2.45, 2.75) is 17.8 Å². The van der Waals surface area contributed by atoms with E-state index in [9.17, 15) is 18.4 Å². The molecule has 0 bridgehead atoms. The van der Waals surface area contributed by atoms with Crippen molar-refractivity contribution in [1.82, 2.24) is 10.6 Å². The van der Waals surface area contributed by atoms with Gasteiger partial charge in [-0.2, -0.15) is 8.78 Å². The van der Waals surface area contributed by atoms with Gasteiger partial charge in [0.2, 0.25) is 5.91 Å². The highest BCUT2D eigenvalue weighted by Gasteiger charge is 2.38. The van der Waals surface area contributed by atoms with Gasteiger partial charge in [0.15, 0.2) is 0 Å². The maximum absolute atomic E-state index is 12.1. The van der Waals surface area contributed by atoms with Crippen molar-refractivity contribution in [3.8, 4) is 0 Å². The molecular formula is C6H7ClF2N2O2. The zero-order valence-corrected chi connectivity index (χ0v) is 7.20. The Bertz CT molecular complexity index is 241. The van der Waals surface area contributed by atoms with Gasteiger partial charge in [0, 0.05) is 13.0 Å². The highest BCUT2D eigenvalue weighted by molar-refractivity contribution is 6.32. The molecule has 1 heterocycles. The van der Waals surface area contributed by atoms with Crippen LogP contribution in [0.1, 0.15) is 6.42 Å². The summed E-state index contributed by atoms with van der Waals surface area (Å²) in [5.41, 5.74) is 0. The Morgan fingerprint density at radius 3 is 2.69 bits per heavy atom. The van der Waals surface area contributed by atoms with Gasteiger partial charge < -0.3 is 10.6 Å². The number of hydrogen-bond donors (Lipinski definition) is 2. The molecule has 0 radical (unpaired) electrons. The molecule has 1 aliphatic heterocycles. The maximum atomic E-state index is 12.1. The van der Waals surface area contributed by atoms with E-state index in [4.69, 9.17) is 0 Å². The van der Waals surface area contributed by atoms with Crippen LogP contribution in [0.2, 0.25) is 0 Å². The second-order valence-electron chi connectivity index (χ2n) is 2.68. The lowest BCUT2D eigenvalue weighted by Gasteiger charge is -2.12. The predicted octanol–water partition coefficient (Wildman–Crippen LogP) is -0.177. The average Bonchev–Trinajstić information content (AvgIpc) is 2.33. The Labute approximate surface area is 77.6 Å². The van der Waals surface area contributed by atoms with E-state index >= 15 is 0 Å².